The molecule has 0 spiro atoms. The van der Waals surface area contributed by atoms with Gasteiger partial charge in [-0.25, -0.2) is 4.79 Å². The molecular formula is C19H13N5O2S2. The molecular weight excluding hydrogens is 394 g/mol. The maximum absolute atomic E-state index is 13.2. The molecule has 0 N–H and O–H groups in total. The van der Waals surface area contributed by atoms with Crippen LogP contribution in [-0.4, -0.2) is 25.7 Å². The molecule has 0 unspecified atom stereocenters. The van der Waals surface area contributed by atoms with E-state index in [9.17, 15) is 9.59 Å². The van der Waals surface area contributed by atoms with Gasteiger partial charge in [0.2, 0.25) is 0 Å². The molecule has 2 aromatic heterocycles. The van der Waals surface area contributed by atoms with Gasteiger partial charge >= 0.3 is 5.69 Å². The number of nitrogens with zero attached hydrogens (tertiary/aromatic N) is 5. The van der Waals surface area contributed by atoms with E-state index in [1.165, 1.54) is 16.0 Å². The number of para-hydroxylation sites is 2. The van der Waals surface area contributed by atoms with E-state index in [0.29, 0.717) is 5.00 Å². The molecule has 0 bridgehead atoms. The van der Waals surface area contributed by atoms with Crippen molar-refractivity contribution in [2.75, 3.05) is 4.90 Å². The normalized spacial score (nSPS) is 12.5. The van der Waals surface area contributed by atoms with Crippen LogP contribution in [0.15, 0.2) is 80.6 Å². The fourth-order valence-corrected chi connectivity index (χ4v) is 4.80. The van der Waals surface area contributed by atoms with Gasteiger partial charge < -0.3 is 0 Å². The molecule has 2 aromatic carbocycles. The molecule has 4 aromatic rings. The lowest BCUT2D eigenvalue weighted by Crippen LogP contribution is -2.35. The van der Waals surface area contributed by atoms with E-state index in [1.807, 2.05) is 60.0 Å². The molecule has 1 amide bonds. The zero-order chi connectivity index (χ0) is 19.1. The van der Waals surface area contributed by atoms with Gasteiger partial charge in [-0.2, -0.15) is 9.36 Å². The van der Waals surface area contributed by atoms with Crippen molar-refractivity contribution in [2.45, 2.75) is 16.3 Å². The minimum atomic E-state index is -0.441. The van der Waals surface area contributed by atoms with E-state index in [-0.39, 0.29) is 12.5 Å². The van der Waals surface area contributed by atoms with E-state index in [4.69, 9.17) is 0 Å². The number of fused-ring (bicyclic) bond motifs is 2. The van der Waals surface area contributed by atoms with Crippen molar-refractivity contribution in [2.24, 2.45) is 0 Å². The summed E-state index contributed by atoms with van der Waals surface area (Å²) < 4.78 is 2.29. The van der Waals surface area contributed by atoms with Crippen LogP contribution in [0.25, 0.3) is 5.00 Å². The number of rotatable bonds is 3. The summed E-state index contributed by atoms with van der Waals surface area (Å²) in [5.41, 5.74) is 1.16. The fourth-order valence-electron chi connectivity index (χ4n) is 3.07. The first kappa shape index (κ1) is 17.0. The first-order valence-corrected chi connectivity index (χ1v) is 10.2. The second-order valence-electron chi connectivity index (χ2n) is 6.05. The summed E-state index contributed by atoms with van der Waals surface area (Å²) in [5, 5.41) is 10.3. The van der Waals surface area contributed by atoms with Gasteiger partial charge in [-0.05, 0) is 52.2 Å². The number of hydrogen-bond acceptors (Lipinski definition) is 6. The molecule has 9 heteroatoms. The highest BCUT2D eigenvalue weighted by Gasteiger charge is 2.28. The van der Waals surface area contributed by atoms with E-state index < -0.39 is 5.69 Å². The molecule has 7 nitrogen and oxygen atoms in total. The highest BCUT2D eigenvalue weighted by Crippen LogP contribution is 2.47. The summed E-state index contributed by atoms with van der Waals surface area (Å²) in [6.07, 6.45) is 0. The summed E-state index contributed by atoms with van der Waals surface area (Å²) in [7, 11) is 0. The quantitative estimate of drug-likeness (QED) is 0.521. The predicted molar refractivity (Wildman–Crippen MR) is 108 cm³/mol. The third kappa shape index (κ3) is 2.76. The van der Waals surface area contributed by atoms with Gasteiger partial charge in [-0.3, -0.25) is 9.69 Å². The number of anilines is 2. The van der Waals surface area contributed by atoms with Gasteiger partial charge in [0.05, 0.1) is 11.4 Å². The standard InChI is InChI=1S/C19H13N5O2S2/c25-17(12-22-19(26)24(21-20-22)18-10-5-11-27-18)23-13-6-1-3-8-15(13)28-16-9-4-2-7-14(16)23/h1-11H,12H2. The van der Waals surface area contributed by atoms with Crippen molar-refractivity contribution in [3.05, 3.63) is 76.5 Å². The molecule has 0 radical (unpaired) electrons. The monoisotopic (exact) mass is 407 g/mol. The van der Waals surface area contributed by atoms with Crippen molar-refractivity contribution >= 4 is 40.4 Å². The van der Waals surface area contributed by atoms with E-state index in [2.05, 4.69) is 10.4 Å². The highest BCUT2D eigenvalue weighted by molar-refractivity contribution is 7.99. The Kier molecular flexibility index (Phi) is 4.10. The Balaban J connectivity index is 1.52. The van der Waals surface area contributed by atoms with Crippen LogP contribution in [0.5, 0.6) is 0 Å². The van der Waals surface area contributed by atoms with Crippen molar-refractivity contribution in [3.8, 4) is 5.00 Å². The Morgan fingerprint density at radius 3 is 2.21 bits per heavy atom. The van der Waals surface area contributed by atoms with Gasteiger partial charge in [-0.1, -0.05) is 36.0 Å². The minimum absolute atomic E-state index is 0.197. The lowest BCUT2D eigenvalue weighted by Gasteiger charge is -2.30. The van der Waals surface area contributed by atoms with Crippen LogP contribution in [0.2, 0.25) is 0 Å². The SMILES string of the molecule is O=C(Cn1nnn(-c2cccs2)c1=O)N1c2ccccc2Sc2ccccc21. The van der Waals surface area contributed by atoms with Crippen molar-refractivity contribution < 1.29 is 4.79 Å². The molecule has 3 heterocycles. The summed E-state index contributed by atoms with van der Waals surface area (Å²) >= 11 is 3.00. The Hall–Kier alpha value is -3.17. The Bertz CT molecular complexity index is 1180. The van der Waals surface area contributed by atoms with Gasteiger partial charge in [0.15, 0.2) is 0 Å². The topological polar surface area (TPSA) is 73.0 Å². The molecule has 0 saturated carbocycles. The van der Waals surface area contributed by atoms with E-state index >= 15 is 0 Å². The maximum Gasteiger partial charge on any atom is 0.369 e. The summed E-state index contributed by atoms with van der Waals surface area (Å²) in [4.78, 5) is 29.5. The Morgan fingerprint density at radius 2 is 1.57 bits per heavy atom. The zero-order valence-corrected chi connectivity index (χ0v) is 16.1. The first-order valence-electron chi connectivity index (χ1n) is 8.48. The molecule has 0 aliphatic carbocycles. The largest absolute Gasteiger partial charge is 0.369 e. The summed E-state index contributed by atoms with van der Waals surface area (Å²) in [6.45, 7) is -0.197. The fraction of sp³-hybridized carbons (Fsp3) is 0.0526. The Labute approximate surface area is 167 Å². The van der Waals surface area contributed by atoms with E-state index in [0.717, 1.165) is 25.8 Å². The number of amides is 1. The first-order chi connectivity index (χ1) is 13.7. The molecule has 0 atom stereocenters. The zero-order valence-electron chi connectivity index (χ0n) is 14.4. The predicted octanol–water partition coefficient (Wildman–Crippen LogP) is 3.32. The molecule has 1 aliphatic rings. The van der Waals surface area contributed by atoms with Gasteiger partial charge in [0.25, 0.3) is 5.91 Å². The summed E-state index contributed by atoms with van der Waals surface area (Å²) in [5.74, 6) is -0.250. The van der Waals surface area contributed by atoms with Crippen LogP contribution in [-0.2, 0) is 11.3 Å². The average Bonchev–Trinajstić information content (AvgIpc) is 3.36. The third-order valence-electron chi connectivity index (χ3n) is 4.32. The highest BCUT2D eigenvalue weighted by atomic mass is 32.2. The maximum atomic E-state index is 13.2. The number of aromatic nitrogens is 4. The molecule has 5 rings (SSSR count). The number of benzene rings is 2. The number of hydrogen-bond donors (Lipinski definition) is 0. The molecule has 1 aliphatic heterocycles. The van der Waals surface area contributed by atoms with Crippen molar-refractivity contribution in [1.29, 1.82) is 0 Å². The molecule has 28 heavy (non-hydrogen) atoms. The molecule has 138 valence electrons. The van der Waals surface area contributed by atoms with Crippen LogP contribution in [0.3, 0.4) is 0 Å². The smallest absolute Gasteiger partial charge is 0.277 e. The number of thiophene rings is 1. The van der Waals surface area contributed by atoms with Crippen LogP contribution in [0, 0.1) is 0 Å². The number of carbonyl (C=O) groups excluding carboxylic acids is 1. The van der Waals surface area contributed by atoms with Crippen molar-refractivity contribution in [1.82, 2.24) is 19.8 Å². The number of carbonyl (C=O) groups is 1. The van der Waals surface area contributed by atoms with Crippen LogP contribution in [0.1, 0.15) is 0 Å². The van der Waals surface area contributed by atoms with Gasteiger partial charge in [0, 0.05) is 9.79 Å². The van der Waals surface area contributed by atoms with Crippen molar-refractivity contribution in [3.63, 3.8) is 0 Å². The number of tetrazole rings is 1. The molecule has 0 saturated heterocycles. The third-order valence-corrected chi connectivity index (χ3v) is 6.29. The summed E-state index contributed by atoms with van der Waals surface area (Å²) in [6, 6.07) is 19.1. The van der Waals surface area contributed by atoms with Crippen LogP contribution >= 0.6 is 23.1 Å². The minimum Gasteiger partial charge on any atom is -0.277 e. The lowest BCUT2D eigenvalue weighted by molar-refractivity contribution is -0.118. The lowest BCUT2D eigenvalue weighted by atomic mass is 10.2. The average molecular weight is 407 g/mol. The van der Waals surface area contributed by atoms with Crippen LogP contribution < -0.4 is 10.6 Å². The van der Waals surface area contributed by atoms with Gasteiger partial charge in [-0.15, -0.1) is 11.3 Å². The molecule has 0 fully saturated rings. The second kappa shape index (κ2) is 6.77. The second-order valence-corrected chi connectivity index (χ2v) is 8.06. The van der Waals surface area contributed by atoms with Gasteiger partial charge in [0.1, 0.15) is 11.5 Å². The Morgan fingerprint density at radius 1 is 0.893 bits per heavy atom. The van der Waals surface area contributed by atoms with E-state index in [1.54, 1.807) is 22.7 Å². The van der Waals surface area contributed by atoms with Crippen LogP contribution in [0.4, 0.5) is 11.4 Å².